The lowest BCUT2D eigenvalue weighted by Gasteiger charge is -2.42. The molecule has 1 aliphatic heterocycles. The van der Waals surface area contributed by atoms with Crippen LogP contribution in [0.5, 0.6) is 0 Å². The van der Waals surface area contributed by atoms with Crippen molar-refractivity contribution in [1.29, 1.82) is 0 Å². The van der Waals surface area contributed by atoms with Gasteiger partial charge >= 0.3 is 0 Å². The first-order valence-corrected chi connectivity index (χ1v) is 5.71. The van der Waals surface area contributed by atoms with Crippen molar-refractivity contribution in [2.45, 2.75) is 37.6 Å². The summed E-state index contributed by atoms with van der Waals surface area (Å²) < 4.78 is -0.790. The van der Waals surface area contributed by atoms with Gasteiger partial charge in [-0.3, -0.25) is 19.7 Å². The van der Waals surface area contributed by atoms with Gasteiger partial charge in [0, 0.05) is 0 Å². The van der Waals surface area contributed by atoms with Gasteiger partial charge in [-0.1, -0.05) is 15.9 Å². The van der Waals surface area contributed by atoms with Gasteiger partial charge in [-0.25, -0.2) is 0 Å². The first-order chi connectivity index (χ1) is 7.06. The molecule has 0 radical (unpaired) electrons. The van der Waals surface area contributed by atoms with E-state index in [0.717, 1.165) is 0 Å². The van der Waals surface area contributed by atoms with Crippen molar-refractivity contribution in [2.75, 3.05) is 6.54 Å². The molecule has 1 fully saturated rings. The van der Waals surface area contributed by atoms with E-state index in [2.05, 4.69) is 21.2 Å². The Balaban J connectivity index is 3.06. The van der Waals surface area contributed by atoms with Gasteiger partial charge in [0.2, 0.25) is 11.8 Å². The summed E-state index contributed by atoms with van der Waals surface area (Å²) >= 11 is 3.24. The van der Waals surface area contributed by atoms with Crippen molar-refractivity contribution in [2.24, 2.45) is 0 Å². The van der Waals surface area contributed by atoms with Crippen molar-refractivity contribution in [1.82, 2.24) is 10.2 Å². The number of rotatable bonds is 1. The van der Waals surface area contributed by atoms with Crippen LogP contribution in [0.1, 0.15) is 27.7 Å². The summed E-state index contributed by atoms with van der Waals surface area (Å²) in [4.78, 5) is 36.3. The molecule has 0 spiro atoms. The highest BCUT2D eigenvalue weighted by Gasteiger charge is 2.46. The second kappa shape index (κ2) is 3.84. The smallest absolute Gasteiger partial charge is 0.252 e. The average molecular weight is 291 g/mol. The second-order valence-corrected chi connectivity index (χ2v) is 6.78. The molecular formula is C10H15BrN2O3. The standard InChI is InChI=1S/C10H15BrN2O3/c1-9(2,11)8(16)13-5-6(14)12-7(15)10(13,3)4/h5H2,1-4H3,(H,12,14,15). The Hall–Kier alpha value is -0.910. The van der Waals surface area contributed by atoms with Crippen molar-refractivity contribution >= 4 is 33.7 Å². The van der Waals surface area contributed by atoms with E-state index < -0.39 is 21.7 Å². The van der Waals surface area contributed by atoms with E-state index in [0.29, 0.717) is 0 Å². The third-order valence-electron chi connectivity index (χ3n) is 2.54. The first-order valence-electron chi connectivity index (χ1n) is 4.92. The highest BCUT2D eigenvalue weighted by atomic mass is 79.9. The lowest BCUT2D eigenvalue weighted by atomic mass is 9.96. The van der Waals surface area contributed by atoms with Crippen molar-refractivity contribution in [3.05, 3.63) is 0 Å². The van der Waals surface area contributed by atoms with E-state index in [1.807, 2.05) is 0 Å². The van der Waals surface area contributed by atoms with Gasteiger partial charge in [0.25, 0.3) is 5.91 Å². The maximum atomic E-state index is 12.1. The van der Waals surface area contributed by atoms with E-state index in [-0.39, 0.29) is 12.5 Å². The number of hydrogen-bond donors (Lipinski definition) is 1. The Kier molecular flexibility index (Phi) is 3.15. The minimum absolute atomic E-state index is 0.0907. The highest BCUT2D eigenvalue weighted by molar-refractivity contribution is 9.10. The molecule has 0 aliphatic carbocycles. The van der Waals surface area contributed by atoms with E-state index in [9.17, 15) is 14.4 Å². The monoisotopic (exact) mass is 290 g/mol. The molecule has 1 aliphatic rings. The molecular weight excluding hydrogens is 276 g/mol. The number of nitrogens with zero attached hydrogens (tertiary/aromatic N) is 1. The van der Waals surface area contributed by atoms with Gasteiger partial charge in [0.1, 0.15) is 12.1 Å². The van der Waals surface area contributed by atoms with Crippen LogP contribution in [-0.2, 0) is 14.4 Å². The Morgan fingerprint density at radius 3 is 2.38 bits per heavy atom. The number of carbonyl (C=O) groups is 3. The number of halogens is 1. The lowest BCUT2D eigenvalue weighted by Crippen LogP contribution is -2.67. The summed E-state index contributed by atoms with van der Waals surface area (Å²) in [5.74, 6) is -1.18. The van der Waals surface area contributed by atoms with Crippen LogP contribution < -0.4 is 5.32 Å². The van der Waals surface area contributed by atoms with Gasteiger partial charge in [0.05, 0.1) is 4.32 Å². The molecule has 0 aromatic carbocycles. The van der Waals surface area contributed by atoms with Crippen molar-refractivity contribution in [3.8, 4) is 0 Å². The molecule has 1 rings (SSSR count). The second-order valence-electron chi connectivity index (χ2n) is 4.80. The number of imide groups is 1. The van der Waals surface area contributed by atoms with Crippen LogP contribution in [0.15, 0.2) is 0 Å². The molecule has 1 saturated heterocycles. The Labute approximate surface area is 103 Å². The zero-order valence-corrected chi connectivity index (χ0v) is 11.3. The largest absolute Gasteiger partial charge is 0.318 e. The fraction of sp³-hybridized carbons (Fsp3) is 0.700. The Morgan fingerprint density at radius 2 is 1.94 bits per heavy atom. The number of piperazine rings is 1. The Morgan fingerprint density at radius 1 is 1.44 bits per heavy atom. The molecule has 90 valence electrons. The van der Waals surface area contributed by atoms with Crippen LogP contribution in [0.2, 0.25) is 0 Å². The molecule has 6 heteroatoms. The lowest BCUT2D eigenvalue weighted by molar-refractivity contribution is -0.156. The number of alkyl halides is 1. The van der Waals surface area contributed by atoms with Crippen LogP contribution in [-0.4, -0.2) is 39.0 Å². The highest BCUT2D eigenvalue weighted by Crippen LogP contribution is 2.26. The third-order valence-corrected chi connectivity index (χ3v) is 2.88. The maximum absolute atomic E-state index is 12.1. The number of hydrogen-bond acceptors (Lipinski definition) is 3. The molecule has 0 atom stereocenters. The van der Waals surface area contributed by atoms with E-state index in [1.54, 1.807) is 27.7 Å². The average Bonchev–Trinajstić information content (AvgIpc) is 2.09. The quantitative estimate of drug-likeness (QED) is 0.562. The van der Waals surface area contributed by atoms with Gasteiger partial charge in [-0.15, -0.1) is 0 Å². The minimum Gasteiger partial charge on any atom is -0.318 e. The predicted molar refractivity (Wildman–Crippen MR) is 61.9 cm³/mol. The predicted octanol–water partition coefficient (Wildman–Crippen LogP) is 0.423. The molecule has 1 heterocycles. The number of nitrogens with one attached hydrogen (secondary N) is 1. The van der Waals surface area contributed by atoms with Crippen LogP contribution >= 0.6 is 15.9 Å². The van der Waals surface area contributed by atoms with E-state index in [1.165, 1.54) is 4.90 Å². The summed E-state index contributed by atoms with van der Waals surface area (Å²) in [6, 6.07) is 0. The van der Waals surface area contributed by atoms with Gasteiger partial charge in [-0.2, -0.15) is 0 Å². The molecule has 3 amide bonds. The van der Waals surface area contributed by atoms with Crippen molar-refractivity contribution < 1.29 is 14.4 Å². The minimum atomic E-state index is -1.00. The fourth-order valence-corrected chi connectivity index (χ4v) is 1.64. The molecule has 0 aromatic heterocycles. The van der Waals surface area contributed by atoms with E-state index in [4.69, 9.17) is 0 Å². The van der Waals surface area contributed by atoms with E-state index >= 15 is 0 Å². The Bertz CT molecular complexity index is 358. The summed E-state index contributed by atoms with van der Waals surface area (Å²) in [6.45, 7) is 6.51. The van der Waals surface area contributed by atoms with Crippen LogP contribution in [0.4, 0.5) is 0 Å². The zero-order chi connectivity index (χ0) is 12.7. The summed E-state index contributed by atoms with van der Waals surface area (Å²) in [5.41, 5.74) is -1.00. The van der Waals surface area contributed by atoms with Crippen LogP contribution in [0.3, 0.4) is 0 Å². The fourth-order valence-electron chi connectivity index (χ4n) is 1.43. The molecule has 0 unspecified atom stereocenters. The number of carbonyl (C=O) groups excluding carboxylic acids is 3. The molecule has 1 N–H and O–H groups in total. The summed E-state index contributed by atoms with van der Waals surface area (Å²) in [6.07, 6.45) is 0. The zero-order valence-electron chi connectivity index (χ0n) is 9.76. The van der Waals surface area contributed by atoms with Gasteiger partial charge in [-0.05, 0) is 27.7 Å². The van der Waals surface area contributed by atoms with Crippen LogP contribution in [0, 0.1) is 0 Å². The normalized spacial score (nSPS) is 20.7. The summed E-state index contributed by atoms with van der Waals surface area (Å²) in [5, 5.41) is 2.22. The topological polar surface area (TPSA) is 66.5 Å². The first kappa shape index (κ1) is 13.2. The molecule has 0 saturated carbocycles. The number of amides is 3. The SMILES string of the molecule is CC(C)(Br)C(=O)N1CC(=O)NC(=O)C1(C)C. The molecule has 0 aromatic rings. The molecule has 5 nitrogen and oxygen atoms in total. The van der Waals surface area contributed by atoms with Crippen molar-refractivity contribution in [3.63, 3.8) is 0 Å². The molecule has 0 bridgehead atoms. The molecule has 16 heavy (non-hydrogen) atoms. The van der Waals surface area contributed by atoms with Crippen LogP contribution in [0.25, 0.3) is 0 Å². The van der Waals surface area contributed by atoms with Gasteiger partial charge < -0.3 is 4.90 Å². The summed E-state index contributed by atoms with van der Waals surface area (Å²) in [7, 11) is 0. The third kappa shape index (κ3) is 2.26. The van der Waals surface area contributed by atoms with Gasteiger partial charge in [0.15, 0.2) is 0 Å². The maximum Gasteiger partial charge on any atom is 0.252 e.